The highest BCUT2D eigenvalue weighted by atomic mass is 16.5. The van der Waals surface area contributed by atoms with Crippen LogP contribution < -0.4 is 10.1 Å². The van der Waals surface area contributed by atoms with Crippen molar-refractivity contribution in [1.82, 2.24) is 0 Å². The molecule has 0 saturated carbocycles. The van der Waals surface area contributed by atoms with Gasteiger partial charge in [-0.1, -0.05) is 30.3 Å². The molecule has 1 amide bonds. The number of rotatable bonds is 2. The first kappa shape index (κ1) is 13.4. The maximum Gasteiger partial charge on any atom is 0.221 e. The van der Waals surface area contributed by atoms with E-state index in [0.29, 0.717) is 23.4 Å². The Bertz CT molecular complexity index is 694. The first-order valence-electron chi connectivity index (χ1n) is 6.80. The number of nitrogens with one attached hydrogen (secondary N) is 1. The summed E-state index contributed by atoms with van der Waals surface area (Å²) in [6, 6.07) is 14.8. The molecule has 4 nitrogen and oxygen atoms in total. The van der Waals surface area contributed by atoms with E-state index in [0.717, 1.165) is 5.56 Å². The van der Waals surface area contributed by atoms with E-state index in [1.807, 2.05) is 30.3 Å². The van der Waals surface area contributed by atoms with Gasteiger partial charge in [0.05, 0.1) is 12.0 Å². The Morgan fingerprint density at radius 1 is 1.19 bits per heavy atom. The van der Waals surface area contributed by atoms with Crippen molar-refractivity contribution in [3.8, 4) is 5.75 Å². The second-order valence-corrected chi connectivity index (χ2v) is 5.04. The van der Waals surface area contributed by atoms with Crippen LogP contribution in [0.2, 0.25) is 0 Å². The van der Waals surface area contributed by atoms with Crippen molar-refractivity contribution in [2.45, 2.75) is 19.4 Å². The van der Waals surface area contributed by atoms with Crippen LogP contribution in [0.4, 0.5) is 5.69 Å². The van der Waals surface area contributed by atoms with E-state index in [9.17, 15) is 9.59 Å². The van der Waals surface area contributed by atoms with Crippen LogP contribution in [0.3, 0.4) is 0 Å². The van der Waals surface area contributed by atoms with Crippen molar-refractivity contribution in [3.05, 3.63) is 59.7 Å². The van der Waals surface area contributed by atoms with E-state index >= 15 is 0 Å². The molecule has 2 aromatic carbocycles. The van der Waals surface area contributed by atoms with Gasteiger partial charge in [-0.25, -0.2) is 0 Å². The Labute approximate surface area is 122 Å². The second-order valence-electron chi connectivity index (χ2n) is 5.04. The summed E-state index contributed by atoms with van der Waals surface area (Å²) < 4.78 is 5.94. The maximum absolute atomic E-state index is 12.2. The summed E-state index contributed by atoms with van der Waals surface area (Å²) in [5.74, 6) is 0.419. The summed E-state index contributed by atoms with van der Waals surface area (Å²) in [4.78, 5) is 23.3. The largest absolute Gasteiger partial charge is 0.484 e. The van der Waals surface area contributed by atoms with Crippen LogP contribution in [0, 0.1) is 0 Å². The van der Waals surface area contributed by atoms with Gasteiger partial charge in [-0.05, 0) is 17.7 Å². The number of benzene rings is 2. The Morgan fingerprint density at radius 2 is 1.95 bits per heavy atom. The topological polar surface area (TPSA) is 55.4 Å². The first-order valence-corrected chi connectivity index (χ1v) is 6.80. The third-order valence-corrected chi connectivity index (χ3v) is 3.41. The van der Waals surface area contributed by atoms with Crippen molar-refractivity contribution in [2.75, 3.05) is 5.32 Å². The van der Waals surface area contributed by atoms with Crippen LogP contribution in [0.15, 0.2) is 48.5 Å². The van der Waals surface area contributed by atoms with E-state index in [1.165, 1.54) is 6.92 Å². The molecule has 0 bridgehead atoms. The van der Waals surface area contributed by atoms with Gasteiger partial charge in [0.1, 0.15) is 11.9 Å². The predicted octanol–water partition coefficient (Wildman–Crippen LogP) is 3.35. The summed E-state index contributed by atoms with van der Waals surface area (Å²) in [6.45, 7) is 1.44. The number of carbonyl (C=O) groups is 2. The highest BCUT2D eigenvalue weighted by molar-refractivity contribution is 6.01. The monoisotopic (exact) mass is 281 g/mol. The number of Topliss-reactive ketones (excluding diaryl/α,β-unsaturated/α-hetero) is 1. The number of carbonyl (C=O) groups excluding carboxylic acids is 2. The quantitative estimate of drug-likeness (QED) is 0.918. The molecule has 0 aliphatic carbocycles. The van der Waals surface area contributed by atoms with Gasteiger partial charge in [0.25, 0.3) is 0 Å². The molecule has 106 valence electrons. The summed E-state index contributed by atoms with van der Waals surface area (Å²) in [5.41, 5.74) is 2.17. The molecule has 3 rings (SSSR count). The Hall–Kier alpha value is -2.62. The number of ether oxygens (including phenoxy) is 1. The van der Waals surface area contributed by atoms with Crippen molar-refractivity contribution in [2.24, 2.45) is 0 Å². The minimum atomic E-state index is -0.279. The van der Waals surface area contributed by atoms with Crippen LogP contribution in [0.5, 0.6) is 5.75 Å². The molecule has 21 heavy (non-hydrogen) atoms. The molecule has 0 spiro atoms. The second kappa shape index (κ2) is 5.40. The van der Waals surface area contributed by atoms with Crippen LogP contribution in [-0.4, -0.2) is 11.7 Å². The minimum absolute atomic E-state index is 0.0551. The van der Waals surface area contributed by atoms with Gasteiger partial charge < -0.3 is 10.1 Å². The van der Waals surface area contributed by atoms with Gasteiger partial charge >= 0.3 is 0 Å². The zero-order valence-corrected chi connectivity index (χ0v) is 11.6. The molecule has 1 aliphatic rings. The summed E-state index contributed by atoms with van der Waals surface area (Å²) in [7, 11) is 0. The fourth-order valence-corrected chi connectivity index (χ4v) is 2.46. The Morgan fingerprint density at radius 3 is 2.67 bits per heavy atom. The lowest BCUT2D eigenvalue weighted by molar-refractivity contribution is -0.114. The van der Waals surface area contributed by atoms with Crippen molar-refractivity contribution in [3.63, 3.8) is 0 Å². The van der Waals surface area contributed by atoms with E-state index in [-0.39, 0.29) is 17.8 Å². The number of ketones is 1. The lowest BCUT2D eigenvalue weighted by atomic mass is 9.96. The summed E-state index contributed by atoms with van der Waals surface area (Å²) >= 11 is 0. The van der Waals surface area contributed by atoms with Gasteiger partial charge in [-0.2, -0.15) is 0 Å². The smallest absolute Gasteiger partial charge is 0.221 e. The zero-order chi connectivity index (χ0) is 14.8. The Kier molecular flexibility index (Phi) is 3.44. The summed E-state index contributed by atoms with van der Waals surface area (Å²) in [6.07, 6.45) is 0.0509. The lowest BCUT2D eigenvalue weighted by Gasteiger charge is -2.26. The van der Waals surface area contributed by atoms with Crippen LogP contribution in [-0.2, 0) is 4.79 Å². The molecule has 1 heterocycles. The molecule has 0 radical (unpaired) electrons. The average Bonchev–Trinajstić information content (AvgIpc) is 2.47. The lowest BCUT2D eigenvalue weighted by Crippen LogP contribution is -2.20. The number of fused-ring (bicyclic) bond motifs is 1. The highest BCUT2D eigenvalue weighted by Crippen LogP contribution is 2.36. The van der Waals surface area contributed by atoms with Crippen molar-refractivity contribution in [1.29, 1.82) is 0 Å². The van der Waals surface area contributed by atoms with E-state index in [4.69, 9.17) is 4.74 Å². The molecule has 0 fully saturated rings. The fourth-order valence-electron chi connectivity index (χ4n) is 2.46. The number of anilines is 1. The van der Waals surface area contributed by atoms with Crippen LogP contribution in [0.25, 0.3) is 0 Å². The normalized spacial score (nSPS) is 16.8. The van der Waals surface area contributed by atoms with Gasteiger partial charge in [0.15, 0.2) is 5.78 Å². The molecule has 0 aromatic heterocycles. The fraction of sp³-hybridized carbons (Fsp3) is 0.176. The van der Waals surface area contributed by atoms with Crippen molar-refractivity contribution < 1.29 is 14.3 Å². The SMILES string of the molecule is CC(=O)Nc1ccc2c(c1)OC(c1ccccc1)CC2=O. The van der Waals surface area contributed by atoms with Crippen LogP contribution >= 0.6 is 0 Å². The number of hydrogen-bond donors (Lipinski definition) is 1. The van der Waals surface area contributed by atoms with Gasteiger partial charge in [-0.15, -0.1) is 0 Å². The molecule has 1 N–H and O–H groups in total. The average molecular weight is 281 g/mol. The minimum Gasteiger partial charge on any atom is -0.484 e. The highest BCUT2D eigenvalue weighted by Gasteiger charge is 2.27. The summed E-state index contributed by atoms with van der Waals surface area (Å²) in [5, 5.41) is 2.69. The zero-order valence-electron chi connectivity index (χ0n) is 11.6. The van der Waals surface area contributed by atoms with Crippen molar-refractivity contribution >= 4 is 17.4 Å². The molecule has 4 heteroatoms. The van der Waals surface area contributed by atoms with Gasteiger partial charge in [0.2, 0.25) is 5.91 Å². The third-order valence-electron chi connectivity index (χ3n) is 3.41. The number of amides is 1. The van der Waals surface area contributed by atoms with E-state index in [1.54, 1.807) is 18.2 Å². The van der Waals surface area contributed by atoms with Crippen LogP contribution in [0.1, 0.15) is 35.4 Å². The van der Waals surface area contributed by atoms with E-state index < -0.39 is 0 Å². The standard InChI is InChI=1S/C17H15NO3/c1-11(19)18-13-7-8-14-15(20)10-16(21-17(14)9-13)12-5-3-2-4-6-12/h2-9,16H,10H2,1H3,(H,18,19). The molecule has 2 aromatic rings. The van der Waals surface area contributed by atoms with Gasteiger partial charge in [0, 0.05) is 18.7 Å². The molecular weight excluding hydrogens is 266 g/mol. The Balaban J connectivity index is 1.92. The molecular formula is C17H15NO3. The van der Waals surface area contributed by atoms with E-state index in [2.05, 4.69) is 5.32 Å². The predicted molar refractivity (Wildman–Crippen MR) is 79.5 cm³/mol. The molecule has 1 aliphatic heterocycles. The third kappa shape index (κ3) is 2.79. The van der Waals surface area contributed by atoms with Gasteiger partial charge in [-0.3, -0.25) is 9.59 Å². The molecule has 0 saturated heterocycles. The molecule has 1 unspecified atom stereocenters. The maximum atomic E-state index is 12.2. The number of hydrogen-bond acceptors (Lipinski definition) is 3. The first-order chi connectivity index (χ1) is 10.1. The molecule has 1 atom stereocenters.